The lowest BCUT2D eigenvalue weighted by Crippen LogP contribution is -2.41. The van der Waals surface area contributed by atoms with E-state index >= 15 is 0 Å². The third-order valence-corrected chi connectivity index (χ3v) is 6.29. The highest BCUT2D eigenvalue weighted by atomic mass is 32.2. The Labute approximate surface area is 138 Å². The van der Waals surface area contributed by atoms with E-state index in [1.807, 2.05) is 6.92 Å². The second-order valence-electron chi connectivity index (χ2n) is 5.97. The molecule has 1 aromatic carbocycles. The average molecular weight is 339 g/mol. The number of carbonyl (C=O) groups excluding carboxylic acids is 1. The first-order valence-corrected chi connectivity index (χ1v) is 9.75. The van der Waals surface area contributed by atoms with Crippen LogP contribution in [0.4, 0.5) is 4.79 Å². The first-order valence-electron chi connectivity index (χ1n) is 8.20. The molecule has 0 aliphatic carbocycles. The van der Waals surface area contributed by atoms with E-state index in [4.69, 9.17) is 4.74 Å². The molecule has 2 rings (SSSR count). The Bertz CT molecular complexity index is 624. The van der Waals surface area contributed by atoms with Crippen LogP contribution in [0.25, 0.3) is 0 Å². The zero-order valence-corrected chi connectivity index (χ0v) is 14.6. The van der Waals surface area contributed by atoms with Gasteiger partial charge in [0.2, 0.25) is 0 Å². The molecule has 1 aliphatic rings. The Balaban J connectivity index is 2.23. The lowest BCUT2D eigenvalue weighted by molar-refractivity contribution is 0.154. The van der Waals surface area contributed by atoms with E-state index in [9.17, 15) is 13.2 Å². The Kier molecular flexibility index (Phi) is 6.04. The van der Waals surface area contributed by atoms with Gasteiger partial charge in [0, 0.05) is 0 Å². The van der Waals surface area contributed by atoms with Crippen LogP contribution >= 0.6 is 0 Å². The SMILES string of the molecule is CCCCCC[C@H](N1CCOC1=O)S(=O)(=O)c1ccc(C)cc1. The van der Waals surface area contributed by atoms with Gasteiger partial charge in [0.1, 0.15) is 12.0 Å². The Morgan fingerprint density at radius 3 is 2.43 bits per heavy atom. The number of ether oxygens (including phenoxy) is 1. The van der Waals surface area contributed by atoms with Gasteiger partial charge in [0.05, 0.1) is 11.4 Å². The normalized spacial score (nSPS) is 16.4. The number of hydrogen-bond donors (Lipinski definition) is 0. The fraction of sp³-hybridized carbons (Fsp3) is 0.588. The van der Waals surface area contributed by atoms with E-state index in [0.717, 1.165) is 31.2 Å². The van der Waals surface area contributed by atoms with Crippen molar-refractivity contribution in [1.29, 1.82) is 0 Å². The Morgan fingerprint density at radius 1 is 1.17 bits per heavy atom. The lowest BCUT2D eigenvalue weighted by atomic mass is 10.1. The zero-order chi connectivity index (χ0) is 16.9. The van der Waals surface area contributed by atoms with Crippen molar-refractivity contribution in [3.63, 3.8) is 0 Å². The topological polar surface area (TPSA) is 63.7 Å². The van der Waals surface area contributed by atoms with Crippen molar-refractivity contribution in [2.45, 2.75) is 56.2 Å². The summed E-state index contributed by atoms with van der Waals surface area (Å²) in [5.41, 5.74) is 1.00. The standard InChI is InChI=1S/C17H25NO4S/c1-3-4-5-6-7-16(18-12-13-22-17(18)19)23(20,21)15-10-8-14(2)9-11-15/h8-11,16H,3-7,12-13H2,1-2H3/t16-/m1/s1. The number of benzene rings is 1. The molecule has 0 N–H and O–H groups in total. The molecule has 0 radical (unpaired) electrons. The van der Waals surface area contributed by atoms with Gasteiger partial charge in [-0.1, -0.05) is 50.3 Å². The molecule has 1 aromatic rings. The van der Waals surface area contributed by atoms with Crippen LogP contribution < -0.4 is 0 Å². The van der Waals surface area contributed by atoms with Gasteiger partial charge in [-0.2, -0.15) is 0 Å². The lowest BCUT2D eigenvalue weighted by Gasteiger charge is -2.25. The maximum Gasteiger partial charge on any atom is 0.411 e. The maximum atomic E-state index is 13.0. The molecule has 1 atom stereocenters. The Hall–Kier alpha value is -1.56. The summed E-state index contributed by atoms with van der Waals surface area (Å²) >= 11 is 0. The number of aryl methyl sites for hydroxylation is 1. The number of nitrogens with zero attached hydrogens (tertiary/aromatic N) is 1. The van der Waals surface area contributed by atoms with Crippen LogP contribution in [-0.4, -0.2) is 37.9 Å². The minimum absolute atomic E-state index is 0.258. The van der Waals surface area contributed by atoms with E-state index in [1.165, 1.54) is 4.90 Å². The zero-order valence-electron chi connectivity index (χ0n) is 13.8. The molecule has 128 valence electrons. The quantitative estimate of drug-likeness (QED) is 0.680. The summed E-state index contributed by atoms with van der Waals surface area (Å²) in [6.07, 6.45) is 3.84. The molecule has 0 aromatic heterocycles. The van der Waals surface area contributed by atoms with Gasteiger partial charge in [-0.15, -0.1) is 0 Å². The third-order valence-electron chi connectivity index (χ3n) is 4.15. The molecule has 0 bridgehead atoms. The highest BCUT2D eigenvalue weighted by Gasteiger charge is 2.38. The monoisotopic (exact) mass is 339 g/mol. The van der Waals surface area contributed by atoms with Crippen LogP contribution in [0.1, 0.15) is 44.6 Å². The molecule has 6 heteroatoms. The molecular weight excluding hydrogens is 314 g/mol. The third kappa shape index (κ3) is 4.25. The minimum atomic E-state index is -3.60. The van der Waals surface area contributed by atoms with Crippen molar-refractivity contribution in [2.75, 3.05) is 13.2 Å². The van der Waals surface area contributed by atoms with Gasteiger partial charge >= 0.3 is 6.09 Å². The molecule has 0 unspecified atom stereocenters. The van der Waals surface area contributed by atoms with Gasteiger partial charge < -0.3 is 4.74 Å². The number of sulfone groups is 1. The molecule has 1 saturated heterocycles. The molecule has 1 amide bonds. The fourth-order valence-electron chi connectivity index (χ4n) is 2.78. The van der Waals surface area contributed by atoms with Crippen LogP contribution in [0, 0.1) is 6.92 Å². The van der Waals surface area contributed by atoms with E-state index in [0.29, 0.717) is 13.0 Å². The van der Waals surface area contributed by atoms with Gasteiger partial charge in [-0.05, 0) is 25.5 Å². The summed E-state index contributed by atoms with van der Waals surface area (Å²) < 4.78 is 30.9. The summed E-state index contributed by atoms with van der Waals surface area (Å²) in [5.74, 6) is 0. The summed E-state index contributed by atoms with van der Waals surface area (Å²) in [7, 11) is -3.60. The Morgan fingerprint density at radius 2 is 1.87 bits per heavy atom. The predicted molar refractivity (Wildman–Crippen MR) is 89.0 cm³/mol. The van der Waals surface area contributed by atoms with Crippen LogP contribution in [0.5, 0.6) is 0 Å². The van der Waals surface area contributed by atoms with E-state index < -0.39 is 21.3 Å². The van der Waals surface area contributed by atoms with Crippen LogP contribution in [-0.2, 0) is 14.6 Å². The summed E-state index contributed by atoms with van der Waals surface area (Å²) in [5, 5.41) is -0.836. The van der Waals surface area contributed by atoms with Crippen LogP contribution in [0.3, 0.4) is 0 Å². The number of unbranched alkanes of at least 4 members (excludes halogenated alkanes) is 3. The van der Waals surface area contributed by atoms with Crippen molar-refractivity contribution >= 4 is 15.9 Å². The van der Waals surface area contributed by atoms with Crippen LogP contribution in [0.15, 0.2) is 29.2 Å². The second kappa shape index (κ2) is 7.81. The molecule has 23 heavy (non-hydrogen) atoms. The minimum Gasteiger partial charge on any atom is -0.447 e. The summed E-state index contributed by atoms with van der Waals surface area (Å²) in [4.78, 5) is 13.5. The number of hydrogen-bond acceptors (Lipinski definition) is 4. The van der Waals surface area contributed by atoms with Crippen LogP contribution in [0.2, 0.25) is 0 Å². The van der Waals surface area contributed by atoms with E-state index in [2.05, 4.69) is 6.92 Å². The largest absolute Gasteiger partial charge is 0.447 e. The summed E-state index contributed by atoms with van der Waals surface area (Å²) in [6.45, 7) is 4.62. The number of amides is 1. The second-order valence-corrected chi connectivity index (χ2v) is 8.08. The predicted octanol–water partition coefficient (Wildman–Crippen LogP) is 3.52. The number of cyclic esters (lactones) is 1. The van der Waals surface area contributed by atoms with E-state index in [-0.39, 0.29) is 11.5 Å². The van der Waals surface area contributed by atoms with Gasteiger partial charge in [-0.25, -0.2) is 13.2 Å². The van der Waals surface area contributed by atoms with Crippen molar-refractivity contribution in [3.8, 4) is 0 Å². The fourth-order valence-corrected chi connectivity index (χ4v) is 4.61. The number of carbonyl (C=O) groups is 1. The first-order chi connectivity index (χ1) is 11.0. The highest BCUT2D eigenvalue weighted by Crippen LogP contribution is 2.26. The molecule has 0 spiro atoms. The van der Waals surface area contributed by atoms with E-state index in [1.54, 1.807) is 24.3 Å². The van der Waals surface area contributed by atoms with Gasteiger partial charge in [-0.3, -0.25) is 4.90 Å². The van der Waals surface area contributed by atoms with Crippen molar-refractivity contribution in [3.05, 3.63) is 29.8 Å². The molecular formula is C17H25NO4S. The molecule has 1 heterocycles. The van der Waals surface area contributed by atoms with Gasteiger partial charge in [0.25, 0.3) is 0 Å². The van der Waals surface area contributed by atoms with Crippen molar-refractivity contribution in [2.24, 2.45) is 0 Å². The maximum absolute atomic E-state index is 13.0. The van der Waals surface area contributed by atoms with Crippen molar-refractivity contribution in [1.82, 2.24) is 4.90 Å². The average Bonchev–Trinajstić information content (AvgIpc) is 2.93. The van der Waals surface area contributed by atoms with Crippen molar-refractivity contribution < 1.29 is 17.9 Å². The highest BCUT2D eigenvalue weighted by molar-refractivity contribution is 7.92. The van der Waals surface area contributed by atoms with Gasteiger partial charge in [0.15, 0.2) is 9.84 Å². The molecule has 1 aliphatic heterocycles. The smallest absolute Gasteiger partial charge is 0.411 e. The number of rotatable bonds is 8. The molecule has 0 saturated carbocycles. The first kappa shape index (κ1) is 17.8. The summed E-state index contributed by atoms with van der Waals surface area (Å²) in [6, 6.07) is 6.79. The molecule has 5 nitrogen and oxygen atoms in total. The molecule has 1 fully saturated rings.